The van der Waals surface area contributed by atoms with Gasteiger partial charge in [0.2, 0.25) is 11.9 Å². The molecule has 2 saturated carbocycles. The van der Waals surface area contributed by atoms with Crippen LogP contribution in [0.3, 0.4) is 0 Å². The zero-order valence-electron chi connectivity index (χ0n) is 33.5. The molecule has 0 unspecified atom stereocenters. The second-order valence-corrected chi connectivity index (χ2v) is 15.7. The first-order valence-electron chi connectivity index (χ1n) is 18.3. The van der Waals surface area contributed by atoms with Gasteiger partial charge in [-0.15, -0.1) is 0 Å². The van der Waals surface area contributed by atoms with Crippen LogP contribution in [0.5, 0.6) is 0 Å². The molecule has 1 aromatic carbocycles. The van der Waals surface area contributed by atoms with Crippen LogP contribution >= 0.6 is 0 Å². The smallest absolute Gasteiger partial charge is 0.350 e. The number of esters is 6. The van der Waals surface area contributed by atoms with Gasteiger partial charge in [-0.25, -0.2) is 4.79 Å². The Morgan fingerprint density at radius 2 is 1.35 bits per heavy atom. The predicted molar refractivity (Wildman–Crippen MR) is 195 cm³/mol. The van der Waals surface area contributed by atoms with E-state index < -0.39 is 107 Å². The lowest BCUT2D eigenvalue weighted by Gasteiger charge is -2.58. The van der Waals surface area contributed by atoms with Gasteiger partial charge < -0.3 is 28.4 Å². The van der Waals surface area contributed by atoms with Crippen molar-refractivity contribution in [3.05, 3.63) is 59.2 Å². The van der Waals surface area contributed by atoms with Crippen molar-refractivity contribution in [3.63, 3.8) is 0 Å². The van der Waals surface area contributed by atoms with Crippen molar-refractivity contribution in [1.82, 2.24) is 4.90 Å². The molecule has 0 N–H and O–H groups in total. The van der Waals surface area contributed by atoms with Crippen LogP contribution in [0.4, 0.5) is 0 Å². The first kappa shape index (κ1) is 42.9. The number of fused-ring (bicyclic) bond motifs is 3. The molecule has 1 aromatic rings. The van der Waals surface area contributed by atoms with Crippen molar-refractivity contribution in [3.8, 4) is 0 Å². The van der Waals surface area contributed by atoms with Gasteiger partial charge in [-0.2, -0.15) is 0 Å². The van der Waals surface area contributed by atoms with Crippen LogP contribution in [-0.2, 0) is 62.0 Å². The third-order valence-corrected chi connectivity index (χ3v) is 11.3. The molecular weight excluding hydrogens is 714 g/mol. The molecule has 10 atom stereocenters. The third kappa shape index (κ3) is 8.53. The average Bonchev–Trinajstić information content (AvgIpc) is 3.05. The average molecular weight is 768 g/mol. The molecule has 0 saturated heterocycles. The highest BCUT2D eigenvalue weighted by Crippen LogP contribution is 2.60. The second kappa shape index (κ2) is 16.5. The summed E-state index contributed by atoms with van der Waals surface area (Å²) in [5.41, 5.74) is -1.07. The lowest BCUT2D eigenvalue weighted by atomic mass is 9.49. The Bertz CT molecular complexity index is 1760. The highest BCUT2D eigenvalue weighted by atomic mass is 16.6. The van der Waals surface area contributed by atoms with Crippen LogP contribution in [0.1, 0.15) is 86.8 Å². The number of carbonyl (C=O) groups excluding carboxylic acids is 7. The van der Waals surface area contributed by atoms with Crippen molar-refractivity contribution in [2.75, 3.05) is 14.1 Å². The number of ether oxygens (including phenoxy) is 6. The van der Waals surface area contributed by atoms with E-state index in [0.29, 0.717) is 16.7 Å². The number of benzene rings is 1. The monoisotopic (exact) mass is 767 g/mol. The lowest BCUT2D eigenvalue weighted by Crippen LogP contribution is -2.65. The molecule has 14 nitrogen and oxygen atoms in total. The standard InChI is InChI=1S/C41H53NO13/c1-20-28-18-29-36(52-24(5)45)35(51-23(4)44)21(2)32(40(29,8)9)34(48)38(54-26(7)47)41(28,10)31(50-22(3)43)19-30(20)55-39(49)37(53-25(6)46)33(42(11)12)27-16-14-13-15-17-27/h13-17,28-31,33,35-38H,1,18-19H2,2-12H3/t28-,29-,30+,31+,33-,35-,36-,37-,38+,41+/m1/s1. The second-order valence-electron chi connectivity index (χ2n) is 15.7. The van der Waals surface area contributed by atoms with E-state index in [-0.39, 0.29) is 18.4 Å². The zero-order chi connectivity index (χ0) is 41.3. The molecular formula is C41H53NO13. The van der Waals surface area contributed by atoms with Gasteiger partial charge in [0.05, 0.1) is 11.5 Å². The topological polar surface area (TPSA) is 178 Å². The third-order valence-electron chi connectivity index (χ3n) is 11.3. The van der Waals surface area contributed by atoms with E-state index in [9.17, 15) is 28.8 Å². The molecule has 3 aliphatic carbocycles. The fourth-order valence-electron chi connectivity index (χ4n) is 9.05. The number of rotatable bonds is 10. The number of ketones is 1. The fraction of sp³-hybridized carbons (Fsp3) is 0.585. The normalized spacial score (nSPS) is 29.7. The number of likely N-dealkylation sites (N-methyl/N-ethyl adjacent to an activating group) is 1. The van der Waals surface area contributed by atoms with Crippen LogP contribution in [0.15, 0.2) is 53.6 Å². The van der Waals surface area contributed by atoms with Gasteiger partial charge in [0, 0.05) is 52.5 Å². The van der Waals surface area contributed by atoms with Gasteiger partial charge in [0.25, 0.3) is 0 Å². The fourth-order valence-corrected chi connectivity index (χ4v) is 9.05. The number of hydrogen-bond donors (Lipinski definition) is 0. The molecule has 14 heteroatoms. The summed E-state index contributed by atoms with van der Waals surface area (Å²) in [5, 5.41) is 0. The SMILES string of the molecule is C=C1[C@@H](OC(=O)[C@H](OC(C)=O)[C@@H](c2ccccc2)N(C)C)C[C@H](OC(C)=O)[C@]2(C)[C@@H]1C[C@@H]1[C@@H](OC(C)=O)[C@H](OC(C)=O)C(C)=C(C(=O)[C@@H]2OC(C)=O)C1(C)C. The van der Waals surface area contributed by atoms with Crippen molar-refractivity contribution >= 4 is 41.6 Å². The molecule has 0 amide bonds. The molecule has 2 fully saturated rings. The molecule has 300 valence electrons. The van der Waals surface area contributed by atoms with Gasteiger partial charge in [-0.1, -0.05) is 57.7 Å². The minimum atomic E-state index is -1.55. The molecule has 2 bridgehead atoms. The van der Waals surface area contributed by atoms with Gasteiger partial charge in [0.1, 0.15) is 18.3 Å². The van der Waals surface area contributed by atoms with Crippen LogP contribution in [0, 0.1) is 22.7 Å². The largest absolute Gasteiger partial charge is 0.462 e. The summed E-state index contributed by atoms with van der Waals surface area (Å²) in [7, 11) is 3.45. The number of nitrogens with zero attached hydrogens (tertiary/aromatic N) is 1. The molecule has 55 heavy (non-hydrogen) atoms. The Labute approximate surface area is 321 Å². The Hall–Kier alpha value is -4.85. The van der Waals surface area contributed by atoms with Gasteiger partial charge in [-0.3, -0.25) is 33.7 Å². The van der Waals surface area contributed by atoms with Crippen LogP contribution in [0.2, 0.25) is 0 Å². The maximum Gasteiger partial charge on any atom is 0.350 e. The van der Waals surface area contributed by atoms with E-state index in [4.69, 9.17) is 28.4 Å². The molecule has 0 aromatic heterocycles. The van der Waals surface area contributed by atoms with Gasteiger partial charge >= 0.3 is 35.8 Å². The van der Waals surface area contributed by atoms with E-state index in [0.717, 1.165) is 6.92 Å². The molecule has 0 aliphatic heterocycles. The highest BCUT2D eigenvalue weighted by Gasteiger charge is 2.65. The first-order chi connectivity index (χ1) is 25.5. The van der Waals surface area contributed by atoms with Crippen molar-refractivity contribution in [2.24, 2.45) is 22.7 Å². The Balaban J connectivity index is 1.93. The maximum absolute atomic E-state index is 15.1. The minimum absolute atomic E-state index is 0.0589. The summed E-state index contributed by atoms with van der Waals surface area (Å²) >= 11 is 0. The summed E-state index contributed by atoms with van der Waals surface area (Å²) in [4.78, 5) is 94.2. The summed E-state index contributed by atoms with van der Waals surface area (Å²) in [6, 6.07) is 8.19. The van der Waals surface area contributed by atoms with Gasteiger partial charge in [0.15, 0.2) is 12.2 Å². The molecule has 4 rings (SSSR count). The minimum Gasteiger partial charge on any atom is -0.462 e. The Morgan fingerprint density at radius 1 is 0.782 bits per heavy atom. The number of hydrogen-bond acceptors (Lipinski definition) is 14. The predicted octanol–water partition coefficient (Wildman–Crippen LogP) is 4.39. The van der Waals surface area contributed by atoms with E-state index in [2.05, 4.69) is 6.58 Å². The molecule has 0 spiro atoms. The van der Waals surface area contributed by atoms with Gasteiger partial charge in [-0.05, 0) is 55.5 Å². The Morgan fingerprint density at radius 3 is 1.85 bits per heavy atom. The highest BCUT2D eigenvalue weighted by molar-refractivity contribution is 6.03. The molecule has 0 radical (unpaired) electrons. The van der Waals surface area contributed by atoms with Crippen LogP contribution in [0.25, 0.3) is 0 Å². The molecule has 3 aliphatic rings. The summed E-state index contributed by atoms with van der Waals surface area (Å²) in [5.74, 6) is -6.71. The summed E-state index contributed by atoms with van der Waals surface area (Å²) in [6.07, 6.45) is -7.73. The van der Waals surface area contributed by atoms with Crippen molar-refractivity contribution < 1.29 is 62.0 Å². The molecule has 0 heterocycles. The van der Waals surface area contributed by atoms with Crippen molar-refractivity contribution in [2.45, 2.75) is 118 Å². The number of carbonyl (C=O) groups is 7. The lowest BCUT2D eigenvalue weighted by molar-refractivity contribution is -0.202. The summed E-state index contributed by atoms with van der Waals surface area (Å²) < 4.78 is 35.3. The zero-order valence-corrected chi connectivity index (χ0v) is 33.5. The van der Waals surface area contributed by atoms with E-state index in [1.165, 1.54) is 27.7 Å². The summed E-state index contributed by atoms with van der Waals surface area (Å²) in [6.45, 7) is 17.2. The van der Waals surface area contributed by atoms with Crippen LogP contribution in [-0.4, -0.2) is 97.2 Å². The van der Waals surface area contributed by atoms with E-state index in [1.807, 2.05) is 6.07 Å². The van der Waals surface area contributed by atoms with Crippen molar-refractivity contribution in [1.29, 1.82) is 0 Å². The number of Topliss-reactive ketones (excluding diaryl/α,β-unsaturated/α-hetero) is 1. The first-order valence-corrected chi connectivity index (χ1v) is 18.3. The van der Waals surface area contributed by atoms with Crippen LogP contribution < -0.4 is 0 Å². The quantitative estimate of drug-likeness (QED) is 0.186. The van der Waals surface area contributed by atoms with E-state index >= 15 is 4.79 Å². The van der Waals surface area contributed by atoms with E-state index in [1.54, 1.807) is 71.0 Å². The maximum atomic E-state index is 15.1. The Kier molecular flexibility index (Phi) is 12.9.